The molecule has 1 amide bonds. The van der Waals surface area contributed by atoms with Gasteiger partial charge in [-0.2, -0.15) is 0 Å². The van der Waals surface area contributed by atoms with Crippen molar-refractivity contribution in [3.63, 3.8) is 0 Å². The van der Waals surface area contributed by atoms with Crippen molar-refractivity contribution in [3.8, 4) is 11.5 Å². The van der Waals surface area contributed by atoms with Crippen LogP contribution in [0.4, 0.5) is 0 Å². The largest absolute Gasteiger partial charge is 0.504 e. The average Bonchev–Trinajstić information content (AvgIpc) is 2.50. The number of aliphatic carboxylic acids is 1. The molecular weight excluding hydrogens is 286 g/mol. The lowest BCUT2D eigenvalue weighted by molar-refractivity contribution is -0.147. The highest BCUT2D eigenvalue weighted by atomic mass is 16.4. The predicted molar refractivity (Wildman–Crippen MR) is 79.5 cm³/mol. The molecule has 2 atom stereocenters. The number of nitrogens with one attached hydrogen (secondary N) is 1. The number of aromatic hydroxyl groups is 2. The third kappa shape index (κ3) is 3.78. The van der Waals surface area contributed by atoms with Crippen molar-refractivity contribution < 1.29 is 24.9 Å². The van der Waals surface area contributed by atoms with Gasteiger partial charge in [-0.25, -0.2) is 0 Å². The maximum Gasteiger partial charge on any atom is 0.307 e. The Labute approximate surface area is 128 Å². The van der Waals surface area contributed by atoms with Gasteiger partial charge >= 0.3 is 5.97 Å². The van der Waals surface area contributed by atoms with Gasteiger partial charge in [0.1, 0.15) is 0 Å². The minimum Gasteiger partial charge on any atom is -0.504 e. The van der Waals surface area contributed by atoms with E-state index >= 15 is 0 Å². The summed E-state index contributed by atoms with van der Waals surface area (Å²) in [5, 5.41) is 30.5. The summed E-state index contributed by atoms with van der Waals surface area (Å²) in [5.41, 5.74) is 0.772. The minimum absolute atomic E-state index is 0.189. The number of phenols is 2. The number of hydrogen-bond donors (Lipinski definition) is 4. The molecule has 0 spiro atoms. The molecule has 1 aliphatic rings. The monoisotopic (exact) mass is 305 g/mol. The van der Waals surface area contributed by atoms with Crippen LogP contribution in [-0.2, 0) is 16.0 Å². The van der Waals surface area contributed by atoms with Crippen LogP contribution in [0.15, 0.2) is 30.4 Å². The zero-order valence-corrected chi connectivity index (χ0v) is 12.0. The Morgan fingerprint density at radius 2 is 1.77 bits per heavy atom. The standard InChI is InChI=1S/C16H19NO5/c18-13-6-5-10(9-14(13)19)7-8-17-15(20)11-3-1-2-4-12(11)16(21)22/h1-2,5-6,9,11-12,18-19H,3-4,7-8H2,(H,17,20)(H,21,22). The second-order valence-electron chi connectivity index (χ2n) is 5.36. The van der Waals surface area contributed by atoms with Crippen LogP contribution >= 0.6 is 0 Å². The van der Waals surface area contributed by atoms with Crippen LogP contribution in [-0.4, -0.2) is 33.7 Å². The number of phenolic OH excluding ortho intramolecular Hbond substituents is 2. The smallest absolute Gasteiger partial charge is 0.307 e. The van der Waals surface area contributed by atoms with Gasteiger partial charge in [0.25, 0.3) is 0 Å². The molecule has 4 N–H and O–H groups in total. The van der Waals surface area contributed by atoms with E-state index in [4.69, 9.17) is 5.11 Å². The molecule has 0 aliphatic heterocycles. The molecule has 2 rings (SSSR count). The fourth-order valence-electron chi connectivity index (χ4n) is 2.56. The van der Waals surface area contributed by atoms with Gasteiger partial charge < -0.3 is 20.6 Å². The van der Waals surface area contributed by atoms with E-state index in [-0.39, 0.29) is 17.4 Å². The maximum atomic E-state index is 12.1. The number of rotatable bonds is 5. The van der Waals surface area contributed by atoms with Crippen LogP contribution < -0.4 is 5.32 Å². The first-order valence-electron chi connectivity index (χ1n) is 7.15. The van der Waals surface area contributed by atoms with E-state index in [1.165, 1.54) is 12.1 Å². The second kappa shape index (κ2) is 6.98. The highest BCUT2D eigenvalue weighted by Crippen LogP contribution is 2.26. The summed E-state index contributed by atoms with van der Waals surface area (Å²) in [6.45, 7) is 0.343. The number of carbonyl (C=O) groups excluding carboxylic acids is 1. The molecule has 0 bridgehead atoms. The van der Waals surface area contributed by atoms with Gasteiger partial charge in [0.05, 0.1) is 11.8 Å². The van der Waals surface area contributed by atoms with E-state index in [1.807, 2.05) is 6.08 Å². The number of carbonyl (C=O) groups is 2. The van der Waals surface area contributed by atoms with E-state index in [0.717, 1.165) is 5.56 Å². The Morgan fingerprint density at radius 1 is 1.09 bits per heavy atom. The van der Waals surface area contributed by atoms with E-state index in [2.05, 4.69) is 5.32 Å². The van der Waals surface area contributed by atoms with Crippen LogP contribution in [0.2, 0.25) is 0 Å². The van der Waals surface area contributed by atoms with Crippen molar-refractivity contribution in [2.75, 3.05) is 6.54 Å². The van der Waals surface area contributed by atoms with Crippen LogP contribution in [0.25, 0.3) is 0 Å². The van der Waals surface area contributed by atoms with Gasteiger partial charge in [-0.1, -0.05) is 18.2 Å². The summed E-state index contributed by atoms with van der Waals surface area (Å²) in [6, 6.07) is 4.48. The summed E-state index contributed by atoms with van der Waals surface area (Å²) in [5.74, 6) is -2.83. The van der Waals surface area contributed by atoms with E-state index in [1.54, 1.807) is 12.1 Å². The molecule has 0 saturated heterocycles. The van der Waals surface area contributed by atoms with Crippen molar-refractivity contribution in [1.29, 1.82) is 0 Å². The summed E-state index contributed by atoms with van der Waals surface area (Å²) in [7, 11) is 0. The number of carboxylic acid groups (broad SMARTS) is 1. The molecule has 0 heterocycles. The van der Waals surface area contributed by atoms with Crippen molar-refractivity contribution in [2.45, 2.75) is 19.3 Å². The first kappa shape index (κ1) is 15.9. The number of carboxylic acids is 1. The fourth-order valence-corrected chi connectivity index (χ4v) is 2.56. The predicted octanol–water partition coefficient (Wildman–Crippen LogP) is 1.42. The molecule has 0 fully saturated rings. The van der Waals surface area contributed by atoms with Crippen molar-refractivity contribution >= 4 is 11.9 Å². The van der Waals surface area contributed by atoms with Gasteiger partial charge in [-0.15, -0.1) is 0 Å². The summed E-state index contributed by atoms with van der Waals surface area (Å²) < 4.78 is 0. The maximum absolute atomic E-state index is 12.1. The van der Waals surface area contributed by atoms with Crippen molar-refractivity contribution in [3.05, 3.63) is 35.9 Å². The van der Waals surface area contributed by atoms with Gasteiger partial charge in [0, 0.05) is 6.54 Å². The second-order valence-corrected chi connectivity index (χ2v) is 5.36. The summed E-state index contributed by atoms with van der Waals surface area (Å²) in [4.78, 5) is 23.3. The third-order valence-electron chi connectivity index (χ3n) is 3.84. The number of allylic oxidation sites excluding steroid dienone is 2. The molecule has 0 radical (unpaired) electrons. The van der Waals surface area contributed by atoms with Crippen LogP contribution in [0.5, 0.6) is 11.5 Å². The highest BCUT2D eigenvalue weighted by molar-refractivity contribution is 5.85. The first-order chi connectivity index (χ1) is 10.5. The van der Waals surface area contributed by atoms with Gasteiger partial charge in [-0.05, 0) is 37.0 Å². The molecule has 0 saturated carbocycles. The van der Waals surface area contributed by atoms with E-state index in [0.29, 0.717) is 25.8 Å². The molecule has 1 aliphatic carbocycles. The molecule has 6 heteroatoms. The van der Waals surface area contributed by atoms with Crippen molar-refractivity contribution in [2.24, 2.45) is 11.8 Å². The first-order valence-corrected chi connectivity index (χ1v) is 7.15. The lowest BCUT2D eigenvalue weighted by Crippen LogP contribution is -2.39. The van der Waals surface area contributed by atoms with Crippen LogP contribution in [0.1, 0.15) is 18.4 Å². The van der Waals surface area contributed by atoms with Gasteiger partial charge in [-0.3, -0.25) is 9.59 Å². The summed E-state index contributed by atoms with van der Waals surface area (Å²) >= 11 is 0. The lowest BCUT2D eigenvalue weighted by Gasteiger charge is -2.24. The number of hydrogen-bond acceptors (Lipinski definition) is 4. The summed E-state index contributed by atoms with van der Waals surface area (Å²) in [6.07, 6.45) is 4.92. The SMILES string of the molecule is O=C(O)C1CC=CCC1C(=O)NCCc1ccc(O)c(O)c1. The Balaban J connectivity index is 1.88. The zero-order chi connectivity index (χ0) is 16.1. The lowest BCUT2D eigenvalue weighted by atomic mass is 9.82. The van der Waals surface area contributed by atoms with E-state index in [9.17, 15) is 19.8 Å². The number of benzene rings is 1. The fraction of sp³-hybridized carbons (Fsp3) is 0.375. The topological polar surface area (TPSA) is 107 Å². The molecule has 0 aromatic heterocycles. The quantitative estimate of drug-likeness (QED) is 0.486. The average molecular weight is 305 g/mol. The van der Waals surface area contributed by atoms with Gasteiger partial charge in [0.15, 0.2) is 11.5 Å². The molecular formula is C16H19NO5. The Morgan fingerprint density at radius 3 is 2.41 bits per heavy atom. The molecule has 1 aromatic rings. The normalized spacial score (nSPS) is 20.5. The molecule has 6 nitrogen and oxygen atoms in total. The molecule has 22 heavy (non-hydrogen) atoms. The van der Waals surface area contributed by atoms with Crippen LogP contribution in [0, 0.1) is 11.8 Å². The molecule has 118 valence electrons. The Hall–Kier alpha value is -2.50. The molecule has 1 aromatic carbocycles. The zero-order valence-electron chi connectivity index (χ0n) is 12.0. The molecule has 2 unspecified atom stereocenters. The third-order valence-corrected chi connectivity index (χ3v) is 3.84. The Kier molecular flexibility index (Phi) is 5.04. The van der Waals surface area contributed by atoms with Crippen LogP contribution in [0.3, 0.4) is 0 Å². The number of amides is 1. The Bertz CT molecular complexity index is 596. The van der Waals surface area contributed by atoms with Crippen molar-refractivity contribution in [1.82, 2.24) is 5.32 Å². The highest BCUT2D eigenvalue weighted by Gasteiger charge is 2.33. The van der Waals surface area contributed by atoms with E-state index < -0.39 is 17.8 Å². The van der Waals surface area contributed by atoms with Gasteiger partial charge in [0.2, 0.25) is 5.91 Å². The minimum atomic E-state index is -0.951.